The van der Waals surface area contributed by atoms with Gasteiger partial charge < -0.3 is 14.7 Å². The number of carboxylic acids is 1. The molecule has 1 aliphatic rings. The summed E-state index contributed by atoms with van der Waals surface area (Å²) >= 11 is 0. The SMILES string of the molecule is CC(C)(C)OC(=O)N1CCCC1c1ccc(C(=O)O)cc1. The Labute approximate surface area is 124 Å². The zero-order chi connectivity index (χ0) is 15.6. The van der Waals surface area contributed by atoms with E-state index in [9.17, 15) is 9.59 Å². The number of benzene rings is 1. The van der Waals surface area contributed by atoms with Crippen molar-refractivity contribution in [2.75, 3.05) is 6.54 Å². The van der Waals surface area contributed by atoms with Crippen LogP contribution in [0.3, 0.4) is 0 Å². The van der Waals surface area contributed by atoms with E-state index < -0.39 is 11.6 Å². The Kier molecular flexibility index (Phi) is 4.21. The normalized spacial score (nSPS) is 18.6. The summed E-state index contributed by atoms with van der Waals surface area (Å²) in [6.45, 7) is 6.20. The smallest absolute Gasteiger partial charge is 0.410 e. The molecule has 0 radical (unpaired) electrons. The molecule has 114 valence electrons. The van der Waals surface area contributed by atoms with Gasteiger partial charge in [-0.05, 0) is 51.3 Å². The van der Waals surface area contributed by atoms with Crippen molar-refractivity contribution in [2.45, 2.75) is 45.3 Å². The monoisotopic (exact) mass is 291 g/mol. The Morgan fingerprint density at radius 1 is 1.24 bits per heavy atom. The van der Waals surface area contributed by atoms with Crippen LogP contribution in [-0.2, 0) is 4.74 Å². The second-order valence-electron chi connectivity index (χ2n) is 6.26. The lowest BCUT2D eigenvalue weighted by atomic mass is 10.0. The number of likely N-dealkylation sites (tertiary alicyclic amines) is 1. The van der Waals surface area contributed by atoms with E-state index in [0.29, 0.717) is 6.54 Å². The van der Waals surface area contributed by atoms with Crippen molar-refractivity contribution < 1.29 is 19.4 Å². The lowest BCUT2D eigenvalue weighted by Crippen LogP contribution is -2.36. The Hall–Kier alpha value is -2.04. The van der Waals surface area contributed by atoms with Crippen LogP contribution in [0, 0.1) is 0 Å². The van der Waals surface area contributed by atoms with Crippen LogP contribution in [0.4, 0.5) is 4.79 Å². The average Bonchev–Trinajstić information content (AvgIpc) is 2.86. The third kappa shape index (κ3) is 3.74. The fraction of sp³-hybridized carbons (Fsp3) is 0.500. The number of hydrogen-bond donors (Lipinski definition) is 1. The standard InChI is InChI=1S/C16H21NO4/c1-16(2,3)21-15(20)17-10-4-5-13(17)11-6-8-12(9-7-11)14(18)19/h6-9,13H,4-5,10H2,1-3H3,(H,18,19). The summed E-state index contributed by atoms with van der Waals surface area (Å²) < 4.78 is 5.43. The number of aromatic carboxylic acids is 1. The van der Waals surface area contributed by atoms with Gasteiger partial charge in [0.05, 0.1) is 11.6 Å². The van der Waals surface area contributed by atoms with Crippen molar-refractivity contribution in [1.29, 1.82) is 0 Å². The second-order valence-corrected chi connectivity index (χ2v) is 6.26. The molecule has 0 spiro atoms. The molecular formula is C16H21NO4. The zero-order valence-electron chi connectivity index (χ0n) is 12.6. The molecule has 21 heavy (non-hydrogen) atoms. The highest BCUT2D eigenvalue weighted by Gasteiger charge is 2.33. The highest BCUT2D eigenvalue weighted by molar-refractivity contribution is 5.87. The number of rotatable bonds is 2. The van der Waals surface area contributed by atoms with E-state index in [1.54, 1.807) is 29.2 Å². The van der Waals surface area contributed by atoms with Crippen molar-refractivity contribution in [1.82, 2.24) is 4.90 Å². The van der Waals surface area contributed by atoms with Crippen LogP contribution in [-0.4, -0.2) is 34.2 Å². The number of nitrogens with zero attached hydrogens (tertiary/aromatic N) is 1. The number of hydrogen-bond acceptors (Lipinski definition) is 3. The van der Waals surface area contributed by atoms with E-state index in [0.717, 1.165) is 18.4 Å². The summed E-state index contributed by atoms with van der Waals surface area (Å²) in [6.07, 6.45) is 1.48. The van der Waals surface area contributed by atoms with Crippen LogP contribution in [0.2, 0.25) is 0 Å². The van der Waals surface area contributed by atoms with Gasteiger partial charge in [0.25, 0.3) is 0 Å². The number of carboxylic acid groups (broad SMARTS) is 1. The number of ether oxygens (including phenoxy) is 1. The molecule has 2 rings (SSSR count). The molecule has 0 aliphatic carbocycles. The minimum atomic E-state index is -0.947. The molecule has 1 aromatic rings. The molecule has 1 aliphatic heterocycles. The number of carbonyl (C=O) groups excluding carboxylic acids is 1. The maximum Gasteiger partial charge on any atom is 0.410 e. The highest BCUT2D eigenvalue weighted by atomic mass is 16.6. The first kappa shape index (κ1) is 15.4. The lowest BCUT2D eigenvalue weighted by Gasteiger charge is -2.28. The van der Waals surface area contributed by atoms with Crippen LogP contribution >= 0.6 is 0 Å². The van der Waals surface area contributed by atoms with E-state index in [4.69, 9.17) is 9.84 Å². The first-order chi connectivity index (χ1) is 9.78. The number of carbonyl (C=O) groups is 2. The summed E-state index contributed by atoms with van der Waals surface area (Å²) in [5, 5.41) is 8.92. The first-order valence-electron chi connectivity index (χ1n) is 7.11. The molecular weight excluding hydrogens is 270 g/mol. The van der Waals surface area contributed by atoms with E-state index in [2.05, 4.69) is 0 Å². The molecule has 1 heterocycles. The van der Waals surface area contributed by atoms with E-state index >= 15 is 0 Å². The molecule has 0 saturated carbocycles. The van der Waals surface area contributed by atoms with Crippen LogP contribution in [0.1, 0.15) is 55.6 Å². The minimum Gasteiger partial charge on any atom is -0.478 e. The molecule has 1 saturated heterocycles. The van der Waals surface area contributed by atoms with E-state index in [1.165, 1.54) is 0 Å². The van der Waals surface area contributed by atoms with Crippen molar-refractivity contribution in [2.24, 2.45) is 0 Å². The minimum absolute atomic E-state index is 0.0392. The van der Waals surface area contributed by atoms with Crippen LogP contribution in [0.5, 0.6) is 0 Å². The molecule has 0 bridgehead atoms. The highest BCUT2D eigenvalue weighted by Crippen LogP contribution is 2.33. The van der Waals surface area contributed by atoms with Gasteiger partial charge in [0.1, 0.15) is 5.60 Å². The Balaban J connectivity index is 2.14. The largest absolute Gasteiger partial charge is 0.478 e. The summed E-state index contributed by atoms with van der Waals surface area (Å²) in [4.78, 5) is 24.8. The van der Waals surface area contributed by atoms with Crippen LogP contribution in [0.15, 0.2) is 24.3 Å². The van der Waals surface area contributed by atoms with E-state index in [-0.39, 0.29) is 17.7 Å². The fourth-order valence-corrected chi connectivity index (χ4v) is 2.50. The zero-order valence-corrected chi connectivity index (χ0v) is 12.6. The third-order valence-electron chi connectivity index (χ3n) is 3.42. The quantitative estimate of drug-likeness (QED) is 0.906. The molecule has 0 aromatic heterocycles. The van der Waals surface area contributed by atoms with Gasteiger partial charge in [-0.1, -0.05) is 12.1 Å². The maximum absolute atomic E-state index is 12.2. The van der Waals surface area contributed by atoms with Gasteiger partial charge in [-0.15, -0.1) is 0 Å². The fourth-order valence-electron chi connectivity index (χ4n) is 2.50. The summed E-state index contributed by atoms with van der Waals surface area (Å²) in [6, 6.07) is 6.66. The Morgan fingerprint density at radius 2 is 1.86 bits per heavy atom. The Morgan fingerprint density at radius 3 is 2.38 bits per heavy atom. The van der Waals surface area contributed by atoms with E-state index in [1.807, 2.05) is 20.8 Å². The van der Waals surface area contributed by atoms with Gasteiger partial charge in [-0.2, -0.15) is 0 Å². The summed E-state index contributed by atoms with van der Waals surface area (Å²) in [5.74, 6) is -0.947. The molecule has 1 aromatic carbocycles. The average molecular weight is 291 g/mol. The van der Waals surface area contributed by atoms with Gasteiger partial charge in [0.15, 0.2) is 0 Å². The lowest BCUT2D eigenvalue weighted by molar-refractivity contribution is 0.0224. The molecule has 1 amide bonds. The van der Waals surface area contributed by atoms with Gasteiger partial charge >= 0.3 is 12.1 Å². The molecule has 5 nitrogen and oxygen atoms in total. The van der Waals surface area contributed by atoms with Gasteiger partial charge in [0, 0.05) is 6.54 Å². The molecule has 5 heteroatoms. The molecule has 1 fully saturated rings. The van der Waals surface area contributed by atoms with Gasteiger partial charge in [-0.3, -0.25) is 0 Å². The van der Waals surface area contributed by atoms with Crippen LogP contribution < -0.4 is 0 Å². The van der Waals surface area contributed by atoms with Crippen molar-refractivity contribution in [3.63, 3.8) is 0 Å². The van der Waals surface area contributed by atoms with Crippen molar-refractivity contribution in [3.05, 3.63) is 35.4 Å². The first-order valence-corrected chi connectivity index (χ1v) is 7.11. The predicted octanol–water partition coefficient (Wildman–Crippen LogP) is 3.46. The predicted molar refractivity (Wildman–Crippen MR) is 78.3 cm³/mol. The van der Waals surface area contributed by atoms with Crippen LogP contribution in [0.25, 0.3) is 0 Å². The van der Waals surface area contributed by atoms with Gasteiger partial charge in [-0.25, -0.2) is 9.59 Å². The number of amides is 1. The molecule has 1 N–H and O–H groups in total. The third-order valence-corrected chi connectivity index (χ3v) is 3.42. The molecule has 1 unspecified atom stereocenters. The Bertz CT molecular complexity index is 530. The van der Waals surface area contributed by atoms with Crippen molar-refractivity contribution in [3.8, 4) is 0 Å². The van der Waals surface area contributed by atoms with Crippen molar-refractivity contribution >= 4 is 12.1 Å². The second kappa shape index (κ2) is 5.76. The molecule has 1 atom stereocenters. The van der Waals surface area contributed by atoms with Gasteiger partial charge in [0.2, 0.25) is 0 Å². The topological polar surface area (TPSA) is 66.8 Å². The summed E-state index contributed by atoms with van der Waals surface area (Å²) in [5.41, 5.74) is 0.682. The maximum atomic E-state index is 12.2. The summed E-state index contributed by atoms with van der Waals surface area (Å²) in [7, 11) is 0.